The Kier molecular flexibility index (Phi) is 4.05. The minimum absolute atomic E-state index is 0.0130. The fourth-order valence-corrected chi connectivity index (χ4v) is 3.06. The average Bonchev–Trinajstić information content (AvgIpc) is 2.37. The van der Waals surface area contributed by atoms with Crippen LogP contribution in [0, 0.1) is 6.92 Å². The van der Waals surface area contributed by atoms with Crippen molar-refractivity contribution in [2.24, 2.45) is 0 Å². The van der Waals surface area contributed by atoms with Gasteiger partial charge in [-0.3, -0.25) is 0 Å². The molecule has 106 valence electrons. The van der Waals surface area contributed by atoms with Crippen molar-refractivity contribution in [3.8, 4) is 0 Å². The van der Waals surface area contributed by atoms with Gasteiger partial charge in [0.2, 0.25) is 10.0 Å². The predicted molar refractivity (Wildman–Crippen MR) is 74.6 cm³/mol. The van der Waals surface area contributed by atoms with E-state index in [1.54, 1.807) is 13.2 Å². The zero-order valence-corrected chi connectivity index (χ0v) is 12.4. The third-order valence-electron chi connectivity index (χ3n) is 3.52. The third-order valence-corrected chi connectivity index (χ3v) is 4.86. The summed E-state index contributed by atoms with van der Waals surface area (Å²) in [4.78, 5) is 10.6. The van der Waals surface area contributed by atoms with Gasteiger partial charge in [-0.25, -0.2) is 22.7 Å². The van der Waals surface area contributed by atoms with Gasteiger partial charge in [0, 0.05) is 32.4 Å². The molecule has 1 fully saturated rings. The van der Waals surface area contributed by atoms with Crippen LogP contribution >= 0.6 is 0 Å². The highest BCUT2D eigenvalue weighted by Gasteiger charge is 2.28. The van der Waals surface area contributed by atoms with E-state index in [1.165, 1.54) is 10.6 Å². The van der Waals surface area contributed by atoms with E-state index in [4.69, 9.17) is 0 Å². The van der Waals surface area contributed by atoms with E-state index in [9.17, 15) is 8.42 Å². The van der Waals surface area contributed by atoms with Crippen LogP contribution in [0.1, 0.15) is 18.7 Å². The smallest absolute Gasteiger partial charge is 0.211 e. The fourth-order valence-electron chi connectivity index (χ4n) is 2.35. The van der Waals surface area contributed by atoms with Crippen LogP contribution in [0.15, 0.2) is 12.3 Å². The monoisotopic (exact) mass is 284 g/mol. The van der Waals surface area contributed by atoms with Crippen LogP contribution < -0.4 is 4.90 Å². The molecular formula is C12H20N4O2S. The van der Waals surface area contributed by atoms with Gasteiger partial charge in [0.1, 0.15) is 11.6 Å². The average molecular weight is 284 g/mol. The molecule has 1 aromatic heterocycles. The number of rotatable bonds is 3. The summed E-state index contributed by atoms with van der Waals surface area (Å²) in [5.41, 5.74) is 0. The topological polar surface area (TPSA) is 66.4 Å². The van der Waals surface area contributed by atoms with Crippen molar-refractivity contribution in [3.05, 3.63) is 18.1 Å². The van der Waals surface area contributed by atoms with Gasteiger partial charge in [-0.15, -0.1) is 0 Å². The van der Waals surface area contributed by atoms with Crippen molar-refractivity contribution in [3.63, 3.8) is 0 Å². The van der Waals surface area contributed by atoms with Gasteiger partial charge in [0.15, 0.2) is 0 Å². The third kappa shape index (κ3) is 3.42. The number of aromatic nitrogens is 2. The number of nitrogens with zero attached hydrogens (tertiary/aromatic N) is 4. The summed E-state index contributed by atoms with van der Waals surface area (Å²) in [7, 11) is -1.49. The van der Waals surface area contributed by atoms with Crippen LogP contribution in [0.2, 0.25) is 0 Å². The molecule has 0 saturated carbocycles. The van der Waals surface area contributed by atoms with E-state index >= 15 is 0 Å². The van der Waals surface area contributed by atoms with E-state index in [0.29, 0.717) is 6.54 Å². The Bertz CT molecular complexity index is 546. The molecule has 19 heavy (non-hydrogen) atoms. The molecular weight excluding hydrogens is 264 g/mol. The summed E-state index contributed by atoms with van der Waals surface area (Å²) in [5, 5.41) is 0. The molecule has 0 spiro atoms. The molecule has 1 unspecified atom stereocenters. The highest BCUT2D eigenvalue weighted by molar-refractivity contribution is 7.88. The maximum absolute atomic E-state index is 11.6. The molecule has 0 amide bonds. The first kappa shape index (κ1) is 14.2. The number of sulfonamides is 1. The molecule has 0 N–H and O–H groups in total. The molecule has 0 bridgehead atoms. The van der Waals surface area contributed by atoms with Gasteiger partial charge in [0.25, 0.3) is 0 Å². The number of anilines is 1. The number of hydrogen-bond donors (Lipinski definition) is 0. The molecule has 1 aliphatic rings. The van der Waals surface area contributed by atoms with E-state index < -0.39 is 10.0 Å². The molecule has 2 rings (SSSR count). The minimum atomic E-state index is -3.14. The lowest BCUT2D eigenvalue weighted by molar-refractivity contribution is 0.321. The summed E-state index contributed by atoms with van der Waals surface area (Å²) in [5.74, 6) is 1.61. The molecule has 0 aliphatic carbocycles. The normalized spacial score (nSPS) is 20.8. The molecule has 7 heteroatoms. The van der Waals surface area contributed by atoms with E-state index in [-0.39, 0.29) is 6.04 Å². The molecule has 1 saturated heterocycles. The van der Waals surface area contributed by atoms with Crippen LogP contribution in [0.3, 0.4) is 0 Å². The van der Waals surface area contributed by atoms with Gasteiger partial charge in [-0.1, -0.05) is 0 Å². The van der Waals surface area contributed by atoms with Crippen molar-refractivity contribution in [1.82, 2.24) is 14.3 Å². The largest absolute Gasteiger partial charge is 0.355 e. The first-order chi connectivity index (χ1) is 8.88. The van der Waals surface area contributed by atoms with Crippen LogP contribution in [0.5, 0.6) is 0 Å². The summed E-state index contributed by atoms with van der Waals surface area (Å²) in [6.07, 6.45) is 4.85. The second-order valence-electron chi connectivity index (χ2n) is 4.98. The molecule has 0 aromatic carbocycles. The SMILES string of the molecule is Cc1nccc(N2CCCC(N(C)S(C)(=O)=O)C2)n1. The number of hydrogen-bond acceptors (Lipinski definition) is 5. The Balaban J connectivity index is 2.13. The van der Waals surface area contributed by atoms with E-state index in [0.717, 1.165) is 31.0 Å². The maximum Gasteiger partial charge on any atom is 0.211 e. The highest BCUT2D eigenvalue weighted by Crippen LogP contribution is 2.21. The van der Waals surface area contributed by atoms with Gasteiger partial charge in [0.05, 0.1) is 6.26 Å². The second-order valence-corrected chi connectivity index (χ2v) is 7.03. The minimum Gasteiger partial charge on any atom is -0.355 e. The summed E-state index contributed by atoms with van der Waals surface area (Å²) >= 11 is 0. The molecule has 6 nitrogen and oxygen atoms in total. The number of aryl methyl sites for hydroxylation is 1. The zero-order chi connectivity index (χ0) is 14.0. The number of likely N-dealkylation sites (N-methyl/N-ethyl adjacent to an activating group) is 1. The molecule has 0 radical (unpaired) electrons. The standard InChI is InChI=1S/C12H20N4O2S/c1-10-13-7-6-12(14-10)16-8-4-5-11(9-16)15(2)19(3,17)18/h6-7,11H,4-5,8-9H2,1-3H3. The van der Waals surface area contributed by atoms with Crippen LogP contribution in [-0.2, 0) is 10.0 Å². The predicted octanol–water partition coefficient (Wildman–Crippen LogP) is 0.645. The van der Waals surface area contributed by atoms with Crippen LogP contribution in [-0.4, -0.2) is 55.1 Å². The molecule has 1 aliphatic heterocycles. The van der Waals surface area contributed by atoms with Crippen molar-refractivity contribution in [1.29, 1.82) is 0 Å². The lowest BCUT2D eigenvalue weighted by Gasteiger charge is -2.37. The fraction of sp³-hybridized carbons (Fsp3) is 0.667. The van der Waals surface area contributed by atoms with Crippen molar-refractivity contribution >= 4 is 15.8 Å². The maximum atomic E-state index is 11.6. The summed E-state index contributed by atoms with van der Waals surface area (Å²) in [6, 6.07) is 1.88. The van der Waals surface area contributed by atoms with Crippen LogP contribution in [0.25, 0.3) is 0 Å². The van der Waals surface area contributed by atoms with E-state index in [2.05, 4.69) is 14.9 Å². The molecule has 1 atom stereocenters. The Morgan fingerprint density at radius 2 is 2.21 bits per heavy atom. The van der Waals surface area contributed by atoms with Crippen molar-refractivity contribution in [2.75, 3.05) is 31.3 Å². The Morgan fingerprint density at radius 1 is 1.47 bits per heavy atom. The highest BCUT2D eigenvalue weighted by atomic mass is 32.2. The lowest BCUT2D eigenvalue weighted by atomic mass is 10.1. The Labute approximate surface area is 114 Å². The lowest BCUT2D eigenvalue weighted by Crippen LogP contribution is -2.48. The van der Waals surface area contributed by atoms with Crippen LogP contribution in [0.4, 0.5) is 5.82 Å². The second kappa shape index (κ2) is 5.42. The van der Waals surface area contributed by atoms with Crippen molar-refractivity contribution < 1.29 is 8.42 Å². The summed E-state index contributed by atoms with van der Waals surface area (Å²) in [6.45, 7) is 3.44. The quantitative estimate of drug-likeness (QED) is 0.815. The molecule has 2 heterocycles. The van der Waals surface area contributed by atoms with Gasteiger partial charge >= 0.3 is 0 Å². The van der Waals surface area contributed by atoms with Gasteiger partial charge < -0.3 is 4.90 Å². The zero-order valence-electron chi connectivity index (χ0n) is 11.6. The Hall–Kier alpha value is -1.21. The number of piperidine rings is 1. The van der Waals surface area contributed by atoms with Gasteiger partial charge in [-0.2, -0.15) is 0 Å². The summed E-state index contributed by atoms with van der Waals surface area (Å²) < 4.78 is 24.7. The van der Waals surface area contributed by atoms with Gasteiger partial charge in [-0.05, 0) is 25.8 Å². The first-order valence-corrected chi connectivity index (χ1v) is 8.20. The molecule has 1 aromatic rings. The first-order valence-electron chi connectivity index (χ1n) is 6.35. The van der Waals surface area contributed by atoms with E-state index in [1.807, 2.05) is 13.0 Å². The van der Waals surface area contributed by atoms with Crippen molar-refractivity contribution in [2.45, 2.75) is 25.8 Å². The Morgan fingerprint density at radius 3 is 2.84 bits per heavy atom.